The summed E-state index contributed by atoms with van der Waals surface area (Å²) in [6, 6.07) is 16.2. The van der Waals surface area contributed by atoms with Crippen LogP contribution in [-0.2, 0) is 0 Å². The van der Waals surface area contributed by atoms with Crippen molar-refractivity contribution in [3.05, 3.63) is 66.0 Å². The molecule has 0 aliphatic carbocycles. The van der Waals surface area contributed by atoms with Crippen LogP contribution in [0.5, 0.6) is 0 Å². The van der Waals surface area contributed by atoms with Crippen LogP contribution in [0.4, 0.5) is 14.9 Å². The van der Waals surface area contributed by atoms with Crippen molar-refractivity contribution in [1.29, 1.82) is 0 Å². The molecule has 0 spiro atoms. The number of anilines is 1. The number of piperazine rings is 1. The molecule has 25 heavy (non-hydrogen) atoms. The van der Waals surface area contributed by atoms with Gasteiger partial charge in [-0.05, 0) is 24.3 Å². The molecule has 0 aromatic heterocycles. The third kappa shape index (κ3) is 4.51. The molecule has 0 unspecified atom stereocenters. The lowest BCUT2D eigenvalue weighted by molar-refractivity contribution is 0.195. The molecular formula is C20H20FN3O. The fraction of sp³-hybridized carbons (Fsp3) is 0.250. The molecule has 0 atom stereocenters. The largest absolute Gasteiger partial charge is 0.366 e. The summed E-state index contributed by atoms with van der Waals surface area (Å²) in [7, 11) is 0. The lowest BCUT2D eigenvalue weighted by atomic mass is 10.2. The van der Waals surface area contributed by atoms with Gasteiger partial charge < -0.3 is 15.1 Å². The zero-order valence-corrected chi connectivity index (χ0v) is 13.9. The number of amides is 2. The SMILES string of the molecule is O=C(NCC#Cc1ccccc1)N1CCN(c2ccccc2F)CC1. The number of para-hydroxylation sites is 1. The monoisotopic (exact) mass is 337 g/mol. The van der Waals surface area contributed by atoms with E-state index in [1.807, 2.05) is 41.3 Å². The Bertz CT molecular complexity index is 774. The highest BCUT2D eigenvalue weighted by atomic mass is 19.1. The third-order valence-electron chi connectivity index (χ3n) is 4.09. The minimum Gasteiger partial charge on any atom is -0.366 e. The summed E-state index contributed by atoms with van der Waals surface area (Å²) in [6.45, 7) is 2.66. The van der Waals surface area contributed by atoms with Gasteiger partial charge in [0.15, 0.2) is 0 Å². The topological polar surface area (TPSA) is 35.6 Å². The van der Waals surface area contributed by atoms with E-state index in [2.05, 4.69) is 17.2 Å². The molecule has 0 bridgehead atoms. The zero-order chi connectivity index (χ0) is 17.5. The summed E-state index contributed by atoms with van der Waals surface area (Å²) in [4.78, 5) is 15.9. The average molecular weight is 337 g/mol. The summed E-state index contributed by atoms with van der Waals surface area (Å²) in [5, 5.41) is 2.81. The summed E-state index contributed by atoms with van der Waals surface area (Å²) in [5.41, 5.74) is 1.52. The van der Waals surface area contributed by atoms with Gasteiger partial charge in [0.25, 0.3) is 0 Å². The van der Waals surface area contributed by atoms with Crippen molar-refractivity contribution in [2.75, 3.05) is 37.6 Å². The lowest BCUT2D eigenvalue weighted by Crippen LogP contribution is -2.52. The quantitative estimate of drug-likeness (QED) is 0.856. The third-order valence-corrected chi connectivity index (χ3v) is 4.09. The number of halogens is 1. The van der Waals surface area contributed by atoms with Crippen molar-refractivity contribution in [3.8, 4) is 11.8 Å². The second kappa shape index (κ2) is 8.20. The molecule has 5 heteroatoms. The normalized spacial score (nSPS) is 13.8. The number of nitrogens with zero attached hydrogens (tertiary/aromatic N) is 2. The number of urea groups is 1. The van der Waals surface area contributed by atoms with Gasteiger partial charge in [0.1, 0.15) is 5.82 Å². The maximum Gasteiger partial charge on any atom is 0.318 e. The van der Waals surface area contributed by atoms with Gasteiger partial charge in [-0.25, -0.2) is 9.18 Å². The number of carbonyl (C=O) groups is 1. The first kappa shape index (κ1) is 16.8. The Hall–Kier alpha value is -3.00. The Balaban J connectivity index is 1.46. The van der Waals surface area contributed by atoms with E-state index in [0.29, 0.717) is 38.4 Å². The van der Waals surface area contributed by atoms with E-state index in [0.717, 1.165) is 5.56 Å². The van der Waals surface area contributed by atoms with Crippen LogP contribution in [0, 0.1) is 17.7 Å². The number of benzene rings is 2. The zero-order valence-electron chi connectivity index (χ0n) is 13.9. The Labute approximate surface area is 147 Å². The number of carbonyl (C=O) groups excluding carboxylic acids is 1. The van der Waals surface area contributed by atoms with Crippen LogP contribution < -0.4 is 10.2 Å². The first-order valence-corrected chi connectivity index (χ1v) is 8.30. The van der Waals surface area contributed by atoms with Gasteiger partial charge in [0.2, 0.25) is 0 Å². The molecule has 1 N–H and O–H groups in total. The molecule has 2 aromatic rings. The molecule has 2 amide bonds. The van der Waals surface area contributed by atoms with Crippen LogP contribution in [0.1, 0.15) is 5.56 Å². The van der Waals surface area contributed by atoms with Gasteiger partial charge in [-0.2, -0.15) is 0 Å². The fourth-order valence-electron chi connectivity index (χ4n) is 2.76. The van der Waals surface area contributed by atoms with Crippen molar-refractivity contribution in [1.82, 2.24) is 10.2 Å². The van der Waals surface area contributed by atoms with Crippen LogP contribution >= 0.6 is 0 Å². The molecule has 3 rings (SSSR count). The standard InChI is InChI=1S/C20H20FN3O/c21-18-10-4-5-11-19(18)23-13-15-24(16-14-23)20(25)22-12-6-9-17-7-2-1-3-8-17/h1-5,7-8,10-11H,12-16H2,(H,22,25). The summed E-state index contributed by atoms with van der Waals surface area (Å²) in [5.74, 6) is 5.72. The maximum absolute atomic E-state index is 13.8. The Morgan fingerprint density at radius 3 is 2.40 bits per heavy atom. The second-order valence-electron chi connectivity index (χ2n) is 5.75. The Kier molecular flexibility index (Phi) is 5.53. The molecule has 2 aromatic carbocycles. The molecule has 4 nitrogen and oxygen atoms in total. The summed E-state index contributed by atoms with van der Waals surface area (Å²) >= 11 is 0. The first-order chi connectivity index (χ1) is 12.2. The van der Waals surface area contributed by atoms with E-state index in [1.54, 1.807) is 17.0 Å². The Morgan fingerprint density at radius 2 is 1.68 bits per heavy atom. The maximum atomic E-state index is 13.8. The van der Waals surface area contributed by atoms with Crippen molar-refractivity contribution >= 4 is 11.7 Å². The van der Waals surface area contributed by atoms with Gasteiger partial charge in [-0.15, -0.1) is 0 Å². The van der Waals surface area contributed by atoms with Crippen molar-refractivity contribution in [2.45, 2.75) is 0 Å². The summed E-state index contributed by atoms with van der Waals surface area (Å²) in [6.07, 6.45) is 0. The first-order valence-electron chi connectivity index (χ1n) is 8.30. The average Bonchev–Trinajstić information content (AvgIpc) is 2.66. The molecule has 128 valence electrons. The predicted octanol–water partition coefficient (Wildman–Crippen LogP) is 2.71. The van der Waals surface area contributed by atoms with Gasteiger partial charge in [0.05, 0.1) is 12.2 Å². The van der Waals surface area contributed by atoms with Gasteiger partial charge >= 0.3 is 6.03 Å². The minimum absolute atomic E-state index is 0.129. The van der Waals surface area contributed by atoms with Crippen LogP contribution in [-0.4, -0.2) is 43.7 Å². The van der Waals surface area contributed by atoms with Crippen molar-refractivity contribution in [2.24, 2.45) is 0 Å². The molecule has 1 saturated heterocycles. The molecule has 0 radical (unpaired) electrons. The van der Waals surface area contributed by atoms with Crippen LogP contribution in [0.3, 0.4) is 0 Å². The smallest absolute Gasteiger partial charge is 0.318 e. The number of nitrogens with one attached hydrogen (secondary N) is 1. The van der Waals surface area contributed by atoms with E-state index in [-0.39, 0.29) is 11.8 Å². The predicted molar refractivity (Wildman–Crippen MR) is 96.9 cm³/mol. The van der Waals surface area contributed by atoms with Crippen LogP contribution in [0.15, 0.2) is 54.6 Å². The van der Waals surface area contributed by atoms with Crippen molar-refractivity contribution in [3.63, 3.8) is 0 Å². The second-order valence-corrected chi connectivity index (χ2v) is 5.75. The fourth-order valence-corrected chi connectivity index (χ4v) is 2.76. The highest BCUT2D eigenvalue weighted by Crippen LogP contribution is 2.20. The van der Waals surface area contributed by atoms with E-state index in [9.17, 15) is 9.18 Å². The highest BCUT2D eigenvalue weighted by Gasteiger charge is 2.22. The van der Waals surface area contributed by atoms with E-state index < -0.39 is 0 Å². The van der Waals surface area contributed by atoms with E-state index in [1.165, 1.54) is 6.07 Å². The van der Waals surface area contributed by atoms with E-state index >= 15 is 0 Å². The molecule has 1 fully saturated rings. The van der Waals surface area contributed by atoms with Crippen molar-refractivity contribution < 1.29 is 9.18 Å². The van der Waals surface area contributed by atoms with Gasteiger partial charge in [0, 0.05) is 31.7 Å². The van der Waals surface area contributed by atoms with E-state index in [4.69, 9.17) is 0 Å². The van der Waals surface area contributed by atoms with Gasteiger partial charge in [-0.3, -0.25) is 0 Å². The van der Waals surface area contributed by atoms with Crippen LogP contribution in [0.2, 0.25) is 0 Å². The Morgan fingerprint density at radius 1 is 1.00 bits per heavy atom. The number of rotatable bonds is 2. The lowest BCUT2D eigenvalue weighted by Gasteiger charge is -2.36. The van der Waals surface area contributed by atoms with Gasteiger partial charge in [-0.1, -0.05) is 42.2 Å². The highest BCUT2D eigenvalue weighted by molar-refractivity contribution is 5.75. The molecule has 1 heterocycles. The number of hydrogen-bond acceptors (Lipinski definition) is 2. The molecule has 0 saturated carbocycles. The summed E-state index contributed by atoms with van der Waals surface area (Å²) < 4.78 is 13.8. The number of hydrogen-bond donors (Lipinski definition) is 1. The minimum atomic E-state index is -0.225. The molecule has 1 aliphatic heterocycles. The molecular weight excluding hydrogens is 317 g/mol. The molecule has 1 aliphatic rings. The van der Waals surface area contributed by atoms with Crippen LogP contribution in [0.25, 0.3) is 0 Å².